The fourth-order valence-electron chi connectivity index (χ4n) is 3.13. The number of halogens is 1. The van der Waals surface area contributed by atoms with E-state index < -0.39 is 11.5 Å². The van der Waals surface area contributed by atoms with Crippen LogP contribution in [-0.2, 0) is 0 Å². The molecule has 1 heterocycles. The maximum Gasteiger partial charge on any atom is 0.291 e. The van der Waals surface area contributed by atoms with E-state index in [1.54, 1.807) is 12.1 Å². The molecule has 1 saturated carbocycles. The number of carbonyl (C=O) groups excluding carboxylic acids is 1. The number of rotatable bonds is 5. The van der Waals surface area contributed by atoms with Gasteiger partial charge in [0.2, 0.25) is 5.82 Å². The van der Waals surface area contributed by atoms with Crippen LogP contribution in [0.4, 0.5) is 4.39 Å². The van der Waals surface area contributed by atoms with E-state index in [1.165, 1.54) is 16.8 Å². The number of aromatic nitrogens is 3. The van der Waals surface area contributed by atoms with Crippen LogP contribution in [0.25, 0.3) is 5.69 Å². The van der Waals surface area contributed by atoms with Gasteiger partial charge in [-0.15, -0.1) is 5.10 Å². The van der Waals surface area contributed by atoms with Crippen molar-refractivity contribution >= 4 is 5.91 Å². The molecule has 1 aliphatic rings. The molecule has 0 atom stereocenters. The molecule has 1 amide bonds. The summed E-state index contributed by atoms with van der Waals surface area (Å²) in [6.45, 7) is 4.06. The summed E-state index contributed by atoms with van der Waals surface area (Å²) in [6, 6.07) is 6.01. The molecule has 134 valence electrons. The number of benzene rings is 1. The number of nitrogens with one attached hydrogen (secondary N) is 1. The van der Waals surface area contributed by atoms with Crippen LogP contribution in [0.1, 0.15) is 61.9 Å². The highest BCUT2D eigenvalue weighted by Crippen LogP contribution is 2.28. The predicted molar refractivity (Wildman–Crippen MR) is 91.2 cm³/mol. The molecule has 0 aliphatic heterocycles. The van der Waals surface area contributed by atoms with Crippen molar-refractivity contribution in [2.24, 2.45) is 0 Å². The quantitative estimate of drug-likeness (QED) is 0.872. The number of carbonyl (C=O) groups is 1. The number of hydrogen-bond acceptors (Lipinski definition) is 4. The highest BCUT2D eigenvalue weighted by molar-refractivity contribution is 5.90. The number of nitrogens with zero attached hydrogens (tertiary/aromatic N) is 3. The second-order valence-corrected chi connectivity index (χ2v) is 6.95. The first-order chi connectivity index (χ1) is 11.9. The van der Waals surface area contributed by atoms with Gasteiger partial charge in [0.05, 0.1) is 11.3 Å². The largest absolute Gasteiger partial charge is 0.388 e. The van der Waals surface area contributed by atoms with Crippen LogP contribution in [-0.4, -0.2) is 37.9 Å². The van der Waals surface area contributed by atoms with E-state index in [0.29, 0.717) is 24.4 Å². The maximum absolute atomic E-state index is 13.5. The Hall–Kier alpha value is -2.28. The van der Waals surface area contributed by atoms with E-state index in [0.717, 1.165) is 12.8 Å². The lowest BCUT2D eigenvalue weighted by Gasteiger charge is -2.21. The first-order valence-corrected chi connectivity index (χ1v) is 8.61. The molecule has 0 bridgehead atoms. The first-order valence-electron chi connectivity index (χ1n) is 8.61. The molecule has 1 aliphatic carbocycles. The fourth-order valence-corrected chi connectivity index (χ4v) is 3.13. The smallest absolute Gasteiger partial charge is 0.291 e. The highest BCUT2D eigenvalue weighted by atomic mass is 19.1. The summed E-state index contributed by atoms with van der Waals surface area (Å²) in [5.41, 5.74) is -0.313. The van der Waals surface area contributed by atoms with Gasteiger partial charge < -0.3 is 10.4 Å². The van der Waals surface area contributed by atoms with E-state index in [2.05, 4.69) is 15.4 Å². The minimum atomic E-state index is -0.832. The molecule has 2 N–H and O–H groups in total. The average Bonchev–Trinajstić information content (AvgIpc) is 3.20. The van der Waals surface area contributed by atoms with E-state index >= 15 is 0 Å². The van der Waals surface area contributed by atoms with Gasteiger partial charge >= 0.3 is 0 Å². The molecule has 7 heteroatoms. The van der Waals surface area contributed by atoms with Crippen molar-refractivity contribution in [2.75, 3.05) is 6.54 Å². The van der Waals surface area contributed by atoms with E-state index in [-0.39, 0.29) is 24.1 Å². The normalized spacial score (nSPS) is 16.4. The fraction of sp³-hybridized carbons (Fsp3) is 0.500. The Labute approximate surface area is 146 Å². The van der Waals surface area contributed by atoms with E-state index in [1.807, 2.05) is 13.8 Å². The lowest BCUT2D eigenvalue weighted by atomic mass is 10.0. The number of hydrogen-bond donors (Lipinski definition) is 2. The molecule has 0 unspecified atom stereocenters. The van der Waals surface area contributed by atoms with Gasteiger partial charge in [0.25, 0.3) is 5.91 Å². The maximum atomic E-state index is 13.5. The third-order valence-corrected chi connectivity index (χ3v) is 4.52. The van der Waals surface area contributed by atoms with Crippen LogP contribution in [0.3, 0.4) is 0 Å². The summed E-state index contributed by atoms with van der Waals surface area (Å²) in [6.07, 6.45) is 3.32. The molecule has 0 saturated heterocycles. The molecular weight excluding hydrogens is 323 g/mol. The summed E-state index contributed by atoms with van der Waals surface area (Å²) in [5.74, 6) is -0.198. The van der Waals surface area contributed by atoms with Gasteiger partial charge in [-0.1, -0.05) is 32.8 Å². The standard InChI is InChI=1S/C18H23FN4O2/c1-12(2)16-21-15(17(24)20-11-18(25)8-3-4-9-18)22-23(16)14-7-5-6-13(19)10-14/h5-7,10,12,25H,3-4,8-9,11H2,1-2H3,(H,20,24). The molecule has 1 aromatic carbocycles. The van der Waals surface area contributed by atoms with Gasteiger partial charge in [0.15, 0.2) is 0 Å². The lowest BCUT2D eigenvalue weighted by Crippen LogP contribution is -2.41. The monoisotopic (exact) mass is 346 g/mol. The van der Waals surface area contributed by atoms with Gasteiger partial charge in [-0.3, -0.25) is 4.79 Å². The summed E-state index contributed by atoms with van der Waals surface area (Å²) < 4.78 is 15.0. The Morgan fingerprint density at radius 2 is 2.12 bits per heavy atom. The van der Waals surface area contributed by atoms with E-state index in [4.69, 9.17) is 0 Å². The minimum Gasteiger partial charge on any atom is -0.388 e. The minimum absolute atomic E-state index is 0.0105. The molecule has 25 heavy (non-hydrogen) atoms. The van der Waals surface area contributed by atoms with Gasteiger partial charge in [-0.05, 0) is 31.0 Å². The van der Waals surface area contributed by atoms with Crippen LogP contribution in [0.15, 0.2) is 24.3 Å². The third kappa shape index (κ3) is 3.87. The van der Waals surface area contributed by atoms with Crippen molar-refractivity contribution in [1.29, 1.82) is 0 Å². The molecular formula is C18H23FN4O2. The lowest BCUT2D eigenvalue weighted by molar-refractivity contribution is 0.0447. The van der Waals surface area contributed by atoms with Crippen LogP contribution in [0, 0.1) is 5.82 Å². The topological polar surface area (TPSA) is 80.0 Å². The van der Waals surface area contributed by atoms with Crippen LogP contribution < -0.4 is 5.32 Å². The van der Waals surface area contributed by atoms with E-state index in [9.17, 15) is 14.3 Å². The molecule has 3 rings (SSSR count). The van der Waals surface area contributed by atoms with Crippen molar-refractivity contribution in [1.82, 2.24) is 20.1 Å². The predicted octanol–water partition coefficient (Wildman–Crippen LogP) is 2.56. The SMILES string of the molecule is CC(C)c1nc(C(=O)NCC2(O)CCCC2)nn1-c1cccc(F)c1. The second kappa shape index (κ2) is 6.92. The summed E-state index contributed by atoms with van der Waals surface area (Å²) in [7, 11) is 0. The van der Waals surface area contributed by atoms with Crippen LogP contribution in [0.2, 0.25) is 0 Å². The van der Waals surface area contributed by atoms with Gasteiger partial charge in [0.1, 0.15) is 11.6 Å². The molecule has 2 aromatic rings. The first kappa shape index (κ1) is 17.5. The van der Waals surface area contributed by atoms with Crippen molar-refractivity contribution in [3.63, 3.8) is 0 Å². The van der Waals surface area contributed by atoms with Crippen LogP contribution in [0.5, 0.6) is 0 Å². The summed E-state index contributed by atoms with van der Waals surface area (Å²) >= 11 is 0. The second-order valence-electron chi connectivity index (χ2n) is 6.95. The number of amides is 1. The number of aliphatic hydroxyl groups is 1. The third-order valence-electron chi connectivity index (χ3n) is 4.52. The van der Waals surface area contributed by atoms with Crippen molar-refractivity contribution < 1.29 is 14.3 Å². The molecule has 0 spiro atoms. The Kier molecular flexibility index (Phi) is 4.85. The van der Waals surface area contributed by atoms with Crippen molar-refractivity contribution in [2.45, 2.75) is 51.0 Å². The van der Waals surface area contributed by atoms with Crippen molar-refractivity contribution in [3.8, 4) is 5.69 Å². The highest BCUT2D eigenvalue weighted by Gasteiger charge is 2.32. The zero-order chi connectivity index (χ0) is 18.0. The molecule has 1 fully saturated rings. The summed E-state index contributed by atoms with van der Waals surface area (Å²) in [4.78, 5) is 16.7. The van der Waals surface area contributed by atoms with Crippen molar-refractivity contribution in [3.05, 3.63) is 41.7 Å². The Balaban J connectivity index is 1.82. The van der Waals surface area contributed by atoms with Gasteiger partial charge in [0, 0.05) is 12.5 Å². The Morgan fingerprint density at radius 1 is 1.40 bits per heavy atom. The molecule has 0 radical (unpaired) electrons. The zero-order valence-corrected chi connectivity index (χ0v) is 14.5. The Morgan fingerprint density at radius 3 is 2.76 bits per heavy atom. The van der Waals surface area contributed by atoms with Crippen LogP contribution >= 0.6 is 0 Å². The summed E-state index contributed by atoms with van der Waals surface area (Å²) in [5, 5.41) is 17.3. The van der Waals surface area contributed by atoms with Gasteiger partial charge in [-0.25, -0.2) is 14.1 Å². The molecule has 1 aromatic heterocycles. The van der Waals surface area contributed by atoms with Gasteiger partial charge in [-0.2, -0.15) is 0 Å². The zero-order valence-electron chi connectivity index (χ0n) is 14.5. The molecule has 6 nitrogen and oxygen atoms in total. The average molecular weight is 346 g/mol. The Bertz CT molecular complexity index is 766.